The molecule has 0 bridgehead atoms. The lowest BCUT2D eigenvalue weighted by Gasteiger charge is -2.23. The van der Waals surface area contributed by atoms with Gasteiger partial charge in [-0.05, 0) is 49.9 Å². The van der Waals surface area contributed by atoms with Crippen LogP contribution in [-0.2, 0) is 11.3 Å². The Morgan fingerprint density at radius 3 is 2.69 bits per heavy atom. The first-order chi connectivity index (χ1) is 7.77. The molecule has 1 aromatic rings. The number of hydrogen-bond acceptors (Lipinski definition) is 2. The second kappa shape index (κ2) is 5.46. The lowest BCUT2D eigenvalue weighted by Crippen LogP contribution is -2.35. The summed E-state index contributed by atoms with van der Waals surface area (Å²) in [5.74, 6) is 0. The van der Waals surface area contributed by atoms with Crippen LogP contribution >= 0.6 is 0 Å². The molecule has 16 heavy (non-hydrogen) atoms. The Kier molecular flexibility index (Phi) is 3.97. The maximum atomic E-state index is 5.97. The zero-order chi connectivity index (χ0) is 11.4. The van der Waals surface area contributed by atoms with E-state index >= 15 is 0 Å². The number of rotatable bonds is 3. The lowest BCUT2D eigenvalue weighted by molar-refractivity contribution is 0.0248. The van der Waals surface area contributed by atoms with E-state index in [-0.39, 0.29) is 0 Å². The largest absolute Gasteiger partial charge is 0.372 e. The summed E-state index contributed by atoms with van der Waals surface area (Å²) in [6, 6.07) is 6.42. The summed E-state index contributed by atoms with van der Waals surface area (Å²) in [6.07, 6.45) is 2.82. The molecule has 1 N–H and O–H groups in total. The molecule has 1 aliphatic heterocycles. The fourth-order valence-corrected chi connectivity index (χ4v) is 2.24. The average molecular weight is 219 g/mol. The van der Waals surface area contributed by atoms with Crippen LogP contribution in [0.1, 0.15) is 29.5 Å². The molecule has 2 nitrogen and oxygen atoms in total. The van der Waals surface area contributed by atoms with E-state index in [1.54, 1.807) is 0 Å². The van der Waals surface area contributed by atoms with Crippen LogP contribution in [0.5, 0.6) is 0 Å². The van der Waals surface area contributed by atoms with Crippen molar-refractivity contribution >= 4 is 0 Å². The van der Waals surface area contributed by atoms with E-state index in [0.717, 1.165) is 19.7 Å². The van der Waals surface area contributed by atoms with Crippen molar-refractivity contribution in [3.05, 3.63) is 34.9 Å². The van der Waals surface area contributed by atoms with Gasteiger partial charge in [-0.3, -0.25) is 0 Å². The zero-order valence-corrected chi connectivity index (χ0v) is 10.3. The fraction of sp³-hybridized carbons (Fsp3) is 0.571. The highest BCUT2D eigenvalue weighted by Crippen LogP contribution is 2.16. The van der Waals surface area contributed by atoms with Crippen molar-refractivity contribution in [1.82, 2.24) is 5.32 Å². The Bertz CT molecular complexity index is 322. The number of ether oxygens (including phenoxy) is 1. The summed E-state index contributed by atoms with van der Waals surface area (Å²) < 4.78 is 5.97. The third-order valence-corrected chi connectivity index (χ3v) is 3.36. The maximum Gasteiger partial charge on any atom is 0.0726 e. The van der Waals surface area contributed by atoms with E-state index in [4.69, 9.17) is 4.74 Å². The first-order valence-corrected chi connectivity index (χ1v) is 6.15. The van der Waals surface area contributed by atoms with Gasteiger partial charge in [0, 0.05) is 6.54 Å². The quantitative estimate of drug-likeness (QED) is 0.843. The normalized spacial score (nSPS) is 21.0. The number of nitrogens with one attached hydrogen (secondary N) is 1. The van der Waals surface area contributed by atoms with Crippen LogP contribution in [0.3, 0.4) is 0 Å². The molecule has 0 radical (unpaired) electrons. The third kappa shape index (κ3) is 2.83. The number of hydrogen-bond donors (Lipinski definition) is 1. The molecule has 1 atom stereocenters. The second-order valence-electron chi connectivity index (χ2n) is 4.65. The summed E-state index contributed by atoms with van der Waals surface area (Å²) in [4.78, 5) is 0. The van der Waals surface area contributed by atoms with E-state index in [1.165, 1.54) is 29.5 Å². The molecule has 88 valence electrons. The highest BCUT2D eigenvalue weighted by Gasteiger charge is 2.13. The lowest BCUT2D eigenvalue weighted by atomic mass is 10.0. The van der Waals surface area contributed by atoms with Crippen LogP contribution in [-0.4, -0.2) is 19.2 Å². The fourth-order valence-electron chi connectivity index (χ4n) is 2.24. The van der Waals surface area contributed by atoms with Gasteiger partial charge in [0.25, 0.3) is 0 Å². The summed E-state index contributed by atoms with van der Waals surface area (Å²) in [5, 5.41) is 3.38. The monoisotopic (exact) mass is 219 g/mol. The van der Waals surface area contributed by atoms with Gasteiger partial charge in [0.15, 0.2) is 0 Å². The van der Waals surface area contributed by atoms with Crippen LogP contribution in [0.15, 0.2) is 18.2 Å². The van der Waals surface area contributed by atoms with Gasteiger partial charge in [0.2, 0.25) is 0 Å². The molecule has 2 rings (SSSR count). The molecule has 0 amide bonds. The van der Waals surface area contributed by atoms with E-state index < -0.39 is 0 Å². The van der Waals surface area contributed by atoms with Crippen molar-refractivity contribution in [2.75, 3.05) is 13.1 Å². The Hall–Kier alpha value is -0.860. The third-order valence-electron chi connectivity index (χ3n) is 3.36. The Balaban J connectivity index is 1.93. The van der Waals surface area contributed by atoms with Crippen LogP contribution in [0, 0.1) is 13.8 Å². The van der Waals surface area contributed by atoms with E-state index in [1.807, 2.05) is 0 Å². The van der Waals surface area contributed by atoms with Gasteiger partial charge in [0.05, 0.1) is 12.7 Å². The second-order valence-corrected chi connectivity index (χ2v) is 4.65. The first kappa shape index (κ1) is 11.6. The van der Waals surface area contributed by atoms with E-state index in [2.05, 4.69) is 37.4 Å². The zero-order valence-electron chi connectivity index (χ0n) is 10.3. The predicted octanol–water partition coefficient (Wildman–Crippen LogP) is 2.57. The van der Waals surface area contributed by atoms with Crippen molar-refractivity contribution in [1.29, 1.82) is 0 Å². The Morgan fingerprint density at radius 2 is 2.06 bits per heavy atom. The van der Waals surface area contributed by atoms with Crippen molar-refractivity contribution in [3.63, 3.8) is 0 Å². The van der Waals surface area contributed by atoms with Gasteiger partial charge in [0.1, 0.15) is 0 Å². The standard InChI is InChI=1S/C14H21NO/c1-11-5-3-6-12(2)14(11)10-16-13-7-4-8-15-9-13/h3,5-6,13,15H,4,7-10H2,1-2H3/t13-/m0/s1. The van der Waals surface area contributed by atoms with Crippen molar-refractivity contribution in [3.8, 4) is 0 Å². The molecule has 1 heterocycles. The minimum absolute atomic E-state index is 0.396. The summed E-state index contributed by atoms with van der Waals surface area (Å²) in [6.45, 7) is 7.22. The molecule has 1 saturated heterocycles. The summed E-state index contributed by atoms with van der Waals surface area (Å²) in [7, 11) is 0. The molecule has 1 aromatic carbocycles. The molecule has 0 aromatic heterocycles. The predicted molar refractivity (Wildman–Crippen MR) is 66.6 cm³/mol. The summed E-state index contributed by atoms with van der Waals surface area (Å²) >= 11 is 0. The molecule has 0 spiro atoms. The smallest absolute Gasteiger partial charge is 0.0726 e. The minimum Gasteiger partial charge on any atom is -0.372 e. The number of benzene rings is 1. The molecule has 2 heteroatoms. The van der Waals surface area contributed by atoms with Crippen LogP contribution in [0.4, 0.5) is 0 Å². The van der Waals surface area contributed by atoms with Crippen molar-refractivity contribution < 1.29 is 4.74 Å². The Morgan fingerprint density at radius 1 is 1.31 bits per heavy atom. The Labute approximate surface area is 98.0 Å². The topological polar surface area (TPSA) is 21.3 Å². The molecule has 1 aliphatic rings. The van der Waals surface area contributed by atoms with E-state index in [0.29, 0.717) is 6.10 Å². The molecule has 0 saturated carbocycles. The molecule has 1 fully saturated rings. The van der Waals surface area contributed by atoms with Gasteiger partial charge in [-0.25, -0.2) is 0 Å². The van der Waals surface area contributed by atoms with Gasteiger partial charge < -0.3 is 10.1 Å². The number of piperidine rings is 1. The van der Waals surface area contributed by atoms with Crippen LogP contribution < -0.4 is 5.32 Å². The van der Waals surface area contributed by atoms with Gasteiger partial charge in [-0.2, -0.15) is 0 Å². The molecule has 0 unspecified atom stereocenters. The van der Waals surface area contributed by atoms with Crippen molar-refractivity contribution in [2.45, 2.75) is 39.4 Å². The van der Waals surface area contributed by atoms with Crippen molar-refractivity contribution in [2.24, 2.45) is 0 Å². The highest BCUT2D eigenvalue weighted by atomic mass is 16.5. The molecular formula is C14H21NO. The molecular weight excluding hydrogens is 198 g/mol. The van der Waals surface area contributed by atoms with Gasteiger partial charge in [-0.15, -0.1) is 0 Å². The molecule has 0 aliphatic carbocycles. The van der Waals surface area contributed by atoms with Crippen LogP contribution in [0.2, 0.25) is 0 Å². The summed E-state index contributed by atoms with van der Waals surface area (Å²) in [5.41, 5.74) is 4.03. The average Bonchev–Trinajstić information content (AvgIpc) is 2.30. The van der Waals surface area contributed by atoms with Crippen LogP contribution in [0.25, 0.3) is 0 Å². The first-order valence-electron chi connectivity index (χ1n) is 6.15. The minimum atomic E-state index is 0.396. The van der Waals surface area contributed by atoms with Gasteiger partial charge in [-0.1, -0.05) is 18.2 Å². The number of aryl methyl sites for hydroxylation is 2. The van der Waals surface area contributed by atoms with Gasteiger partial charge >= 0.3 is 0 Å². The highest BCUT2D eigenvalue weighted by molar-refractivity contribution is 5.32. The SMILES string of the molecule is Cc1cccc(C)c1CO[C@H]1CCCNC1. The maximum absolute atomic E-state index is 5.97. The van der Waals surface area contributed by atoms with E-state index in [9.17, 15) is 0 Å².